The summed E-state index contributed by atoms with van der Waals surface area (Å²) in [5, 5.41) is 12.0. The van der Waals surface area contributed by atoms with E-state index in [1.54, 1.807) is 11.3 Å². The second-order valence-electron chi connectivity index (χ2n) is 12.4. The summed E-state index contributed by atoms with van der Waals surface area (Å²) in [4.78, 5) is 15.2. The van der Waals surface area contributed by atoms with E-state index in [9.17, 15) is 5.26 Å². The molecule has 0 bridgehead atoms. The molecule has 0 fully saturated rings. The standard InChI is InChI=1S/C46H28N4S/c47-29-30-10-7-15-35(26-30)36-16-8-17-37(27-36)45-48-44(34-22-20-32(21-23-34)31-11-3-1-4-12-31)49-46(50-45)38-24-25-40-42(28-38)51-41-19-9-18-39(43(40)41)33-13-5-2-6-14-33/h1-28H. The lowest BCUT2D eigenvalue weighted by Gasteiger charge is -2.10. The smallest absolute Gasteiger partial charge is 0.164 e. The SMILES string of the molecule is N#Cc1cccc(-c2cccc(-c3nc(-c4ccc(-c5ccccc5)cc4)nc(-c4ccc5c(c4)sc4cccc(-c6ccccc6)c45)n3)c2)c1. The summed E-state index contributed by atoms with van der Waals surface area (Å²) in [5.74, 6) is 1.80. The number of rotatable bonds is 6. The topological polar surface area (TPSA) is 62.5 Å². The lowest BCUT2D eigenvalue weighted by molar-refractivity contribution is 1.07. The van der Waals surface area contributed by atoms with Gasteiger partial charge in [0.25, 0.3) is 0 Å². The van der Waals surface area contributed by atoms with Gasteiger partial charge in [0.2, 0.25) is 0 Å². The van der Waals surface area contributed by atoms with Gasteiger partial charge in [-0.3, -0.25) is 0 Å². The Hall–Kier alpha value is -6.74. The molecule has 9 rings (SSSR count). The van der Waals surface area contributed by atoms with Crippen LogP contribution in [0.2, 0.25) is 0 Å². The molecule has 0 N–H and O–H groups in total. The number of nitriles is 1. The van der Waals surface area contributed by atoms with Crippen LogP contribution in [0.15, 0.2) is 170 Å². The highest BCUT2D eigenvalue weighted by Crippen LogP contribution is 2.41. The molecule has 0 amide bonds. The molecule has 0 aliphatic carbocycles. The molecule has 0 saturated carbocycles. The Morgan fingerprint density at radius 1 is 0.392 bits per heavy atom. The zero-order chi connectivity index (χ0) is 34.1. The molecule has 2 heterocycles. The first kappa shape index (κ1) is 30.3. The Labute approximate surface area is 299 Å². The normalized spacial score (nSPS) is 11.1. The molecule has 0 saturated heterocycles. The van der Waals surface area contributed by atoms with Crippen LogP contribution in [0.3, 0.4) is 0 Å². The van der Waals surface area contributed by atoms with Crippen molar-refractivity contribution in [3.8, 4) is 73.6 Å². The van der Waals surface area contributed by atoms with Crippen LogP contribution in [0.25, 0.3) is 87.7 Å². The van der Waals surface area contributed by atoms with Crippen molar-refractivity contribution in [1.29, 1.82) is 5.26 Å². The molecule has 5 heteroatoms. The van der Waals surface area contributed by atoms with E-state index in [0.717, 1.165) is 38.9 Å². The maximum atomic E-state index is 9.50. The molecule has 238 valence electrons. The summed E-state index contributed by atoms with van der Waals surface area (Å²) in [6, 6.07) is 60.4. The van der Waals surface area contributed by atoms with Crippen LogP contribution in [-0.4, -0.2) is 15.0 Å². The summed E-state index contributed by atoms with van der Waals surface area (Å²) in [6.07, 6.45) is 0. The average Bonchev–Trinajstić information content (AvgIpc) is 3.60. The number of hydrogen-bond donors (Lipinski definition) is 0. The van der Waals surface area contributed by atoms with Gasteiger partial charge in [-0.2, -0.15) is 5.26 Å². The van der Waals surface area contributed by atoms with E-state index in [-0.39, 0.29) is 0 Å². The van der Waals surface area contributed by atoms with Gasteiger partial charge in [-0.15, -0.1) is 11.3 Å². The van der Waals surface area contributed by atoms with Crippen LogP contribution in [0.4, 0.5) is 0 Å². The van der Waals surface area contributed by atoms with Crippen LogP contribution in [-0.2, 0) is 0 Å². The second kappa shape index (κ2) is 12.9. The number of fused-ring (bicyclic) bond motifs is 3. The Balaban J connectivity index is 1.18. The number of benzene rings is 7. The Kier molecular flexibility index (Phi) is 7.70. The number of nitrogens with zero attached hydrogens (tertiary/aromatic N) is 4. The zero-order valence-electron chi connectivity index (χ0n) is 27.4. The fourth-order valence-corrected chi connectivity index (χ4v) is 7.81. The van der Waals surface area contributed by atoms with E-state index < -0.39 is 0 Å². The molecular formula is C46H28N4S. The average molecular weight is 669 g/mol. The number of hydrogen-bond acceptors (Lipinski definition) is 5. The predicted octanol–water partition coefficient (Wildman–Crippen LogP) is 12.1. The van der Waals surface area contributed by atoms with Crippen molar-refractivity contribution < 1.29 is 0 Å². The minimum atomic E-state index is 0.586. The van der Waals surface area contributed by atoms with Crippen LogP contribution in [0.5, 0.6) is 0 Å². The van der Waals surface area contributed by atoms with Gasteiger partial charge < -0.3 is 0 Å². The first-order chi connectivity index (χ1) is 25.2. The van der Waals surface area contributed by atoms with Crippen molar-refractivity contribution in [2.45, 2.75) is 0 Å². The molecule has 0 spiro atoms. The van der Waals surface area contributed by atoms with E-state index in [1.807, 2.05) is 60.7 Å². The summed E-state index contributed by atoms with van der Waals surface area (Å²) >= 11 is 1.79. The second-order valence-corrected chi connectivity index (χ2v) is 13.5. The lowest BCUT2D eigenvalue weighted by atomic mass is 9.99. The first-order valence-corrected chi connectivity index (χ1v) is 17.6. The van der Waals surface area contributed by atoms with E-state index >= 15 is 0 Å². The molecule has 9 aromatic rings. The van der Waals surface area contributed by atoms with Crippen molar-refractivity contribution in [3.05, 3.63) is 175 Å². The lowest BCUT2D eigenvalue weighted by Crippen LogP contribution is -2.00. The molecule has 0 aliphatic rings. The fraction of sp³-hybridized carbons (Fsp3) is 0. The predicted molar refractivity (Wildman–Crippen MR) is 210 cm³/mol. The quantitative estimate of drug-likeness (QED) is 0.177. The van der Waals surface area contributed by atoms with Gasteiger partial charge in [-0.25, -0.2) is 15.0 Å². The van der Waals surface area contributed by atoms with Crippen LogP contribution >= 0.6 is 11.3 Å². The molecular weight excluding hydrogens is 641 g/mol. The summed E-state index contributed by atoms with van der Waals surface area (Å²) in [6.45, 7) is 0. The summed E-state index contributed by atoms with van der Waals surface area (Å²) < 4.78 is 2.43. The third-order valence-electron chi connectivity index (χ3n) is 9.17. The third kappa shape index (κ3) is 5.84. The van der Waals surface area contributed by atoms with Crippen molar-refractivity contribution in [1.82, 2.24) is 15.0 Å². The molecule has 0 aliphatic heterocycles. The van der Waals surface area contributed by atoms with Crippen molar-refractivity contribution >= 4 is 31.5 Å². The van der Waals surface area contributed by atoms with Gasteiger partial charge in [0.05, 0.1) is 11.6 Å². The van der Waals surface area contributed by atoms with E-state index in [0.29, 0.717) is 23.0 Å². The highest BCUT2D eigenvalue weighted by molar-refractivity contribution is 7.26. The number of thiophene rings is 1. The van der Waals surface area contributed by atoms with E-state index in [4.69, 9.17) is 15.0 Å². The Morgan fingerprint density at radius 2 is 0.922 bits per heavy atom. The maximum absolute atomic E-state index is 9.50. The third-order valence-corrected chi connectivity index (χ3v) is 10.3. The van der Waals surface area contributed by atoms with E-state index in [1.165, 1.54) is 31.3 Å². The van der Waals surface area contributed by atoms with Gasteiger partial charge in [0, 0.05) is 36.9 Å². The highest BCUT2D eigenvalue weighted by atomic mass is 32.1. The molecule has 0 atom stereocenters. The molecule has 7 aromatic carbocycles. The Morgan fingerprint density at radius 3 is 1.65 bits per heavy atom. The summed E-state index contributed by atoms with van der Waals surface area (Å²) in [5.41, 5.74) is 10.0. The van der Waals surface area contributed by atoms with Crippen molar-refractivity contribution in [2.75, 3.05) is 0 Å². The molecule has 0 unspecified atom stereocenters. The van der Waals surface area contributed by atoms with Gasteiger partial charge in [-0.1, -0.05) is 140 Å². The van der Waals surface area contributed by atoms with Gasteiger partial charge in [0.15, 0.2) is 17.5 Å². The molecule has 51 heavy (non-hydrogen) atoms. The zero-order valence-corrected chi connectivity index (χ0v) is 28.2. The maximum Gasteiger partial charge on any atom is 0.164 e. The minimum absolute atomic E-state index is 0.586. The van der Waals surface area contributed by atoms with Crippen molar-refractivity contribution in [3.63, 3.8) is 0 Å². The van der Waals surface area contributed by atoms with Crippen molar-refractivity contribution in [2.24, 2.45) is 0 Å². The molecule has 4 nitrogen and oxygen atoms in total. The van der Waals surface area contributed by atoms with Crippen LogP contribution in [0.1, 0.15) is 5.56 Å². The van der Waals surface area contributed by atoms with E-state index in [2.05, 4.69) is 115 Å². The Bertz CT molecular complexity index is 2750. The summed E-state index contributed by atoms with van der Waals surface area (Å²) in [7, 11) is 0. The van der Waals surface area contributed by atoms with Gasteiger partial charge in [-0.05, 0) is 63.7 Å². The largest absolute Gasteiger partial charge is 0.208 e. The molecule has 0 radical (unpaired) electrons. The van der Waals surface area contributed by atoms with Gasteiger partial charge in [0.1, 0.15) is 0 Å². The highest BCUT2D eigenvalue weighted by Gasteiger charge is 2.16. The van der Waals surface area contributed by atoms with Crippen LogP contribution in [0, 0.1) is 11.3 Å². The van der Waals surface area contributed by atoms with Crippen LogP contribution < -0.4 is 0 Å². The first-order valence-electron chi connectivity index (χ1n) is 16.7. The monoisotopic (exact) mass is 668 g/mol. The number of aromatic nitrogens is 3. The molecule has 2 aromatic heterocycles. The minimum Gasteiger partial charge on any atom is -0.208 e. The fourth-order valence-electron chi connectivity index (χ4n) is 6.63. The van der Waals surface area contributed by atoms with Gasteiger partial charge >= 0.3 is 0 Å².